The molecule has 0 fully saturated rings. The highest BCUT2D eigenvalue weighted by molar-refractivity contribution is 7.95. The van der Waals surface area contributed by atoms with Gasteiger partial charge in [0, 0.05) is 7.11 Å². The van der Waals surface area contributed by atoms with E-state index in [-0.39, 0.29) is 11.5 Å². The van der Waals surface area contributed by atoms with Gasteiger partial charge in [-0.05, 0) is 19.1 Å². The van der Waals surface area contributed by atoms with Gasteiger partial charge in [-0.1, -0.05) is 24.3 Å². The number of allylic oxidation sites excluding steroid dienone is 1. The molecule has 3 nitrogen and oxygen atoms in total. The molecule has 1 aromatic carbocycles. The first-order chi connectivity index (χ1) is 7.12. The standard InChI is InChI=1S/C11H14O3S/c1-3-10(9-14-2)15(12,13)11-7-5-4-6-8-11/h3-8H,9H2,1-2H3/b10-3+. The SMILES string of the molecule is C/C=C(\COC)S(=O)(=O)c1ccccc1. The van der Waals surface area contributed by atoms with E-state index in [1.165, 1.54) is 7.11 Å². The van der Waals surface area contributed by atoms with Crippen molar-refractivity contribution in [3.05, 3.63) is 41.3 Å². The summed E-state index contributed by atoms with van der Waals surface area (Å²) >= 11 is 0. The molecule has 0 N–H and O–H groups in total. The van der Waals surface area contributed by atoms with Crippen molar-refractivity contribution in [2.75, 3.05) is 13.7 Å². The van der Waals surface area contributed by atoms with Crippen molar-refractivity contribution in [2.45, 2.75) is 11.8 Å². The van der Waals surface area contributed by atoms with Gasteiger partial charge in [0.05, 0.1) is 16.4 Å². The fourth-order valence-corrected chi connectivity index (χ4v) is 2.61. The Labute approximate surface area is 90.3 Å². The maximum absolute atomic E-state index is 12.0. The molecule has 0 spiro atoms. The van der Waals surface area contributed by atoms with Crippen LogP contribution in [-0.4, -0.2) is 22.1 Å². The van der Waals surface area contributed by atoms with Crippen molar-refractivity contribution in [2.24, 2.45) is 0 Å². The van der Waals surface area contributed by atoms with Gasteiger partial charge in [-0.25, -0.2) is 8.42 Å². The van der Waals surface area contributed by atoms with Crippen LogP contribution in [0.1, 0.15) is 6.92 Å². The number of ether oxygens (including phenoxy) is 1. The summed E-state index contributed by atoms with van der Waals surface area (Å²) in [4.78, 5) is 0.589. The lowest BCUT2D eigenvalue weighted by atomic mass is 10.4. The largest absolute Gasteiger partial charge is 0.379 e. The summed E-state index contributed by atoms with van der Waals surface area (Å²) in [6, 6.07) is 8.34. The molecule has 0 bridgehead atoms. The van der Waals surface area contributed by atoms with E-state index in [1.807, 2.05) is 0 Å². The minimum Gasteiger partial charge on any atom is -0.379 e. The summed E-state index contributed by atoms with van der Waals surface area (Å²) in [7, 11) is -1.90. The van der Waals surface area contributed by atoms with Crippen LogP contribution >= 0.6 is 0 Å². The van der Waals surface area contributed by atoms with Gasteiger partial charge in [0.25, 0.3) is 0 Å². The highest BCUT2D eigenvalue weighted by atomic mass is 32.2. The number of sulfone groups is 1. The van der Waals surface area contributed by atoms with E-state index in [4.69, 9.17) is 4.74 Å². The molecule has 1 aromatic rings. The second-order valence-electron chi connectivity index (χ2n) is 3.00. The smallest absolute Gasteiger partial charge is 0.204 e. The van der Waals surface area contributed by atoms with E-state index >= 15 is 0 Å². The van der Waals surface area contributed by atoms with Crippen LogP contribution in [0.2, 0.25) is 0 Å². The van der Waals surface area contributed by atoms with Crippen molar-refractivity contribution in [1.29, 1.82) is 0 Å². The maximum atomic E-state index is 12.0. The van der Waals surface area contributed by atoms with Gasteiger partial charge in [-0.3, -0.25) is 0 Å². The van der Waals surface area contributed by atoms with Crippen LogP contribution < -0.4 is 0 Å². The molecule has 1 rings (SSSR count). The third kappa shape index (κ3) is 2.67. The Bertz CT molecular complexity index is 432. The van der Waals surface area contributed by atoms with E-state index in [9.17, 15) is 8.42 Å². The predicted molar refractivity (Wildman–Crippen MR) is 59.3 cm³/mol. The van der Waals surface area contributed by atoms with E-state index in [2.05, 4.69) is 0 Å². The van der Waals surface area contributed by atoms with Gasteiger partial charge in [-0.2, -0.15) is 0 Å². The Morgan fingerprint density at radius 2 is 1.93 bits per heavy atom. The first-order valence-electron chi connectivity index (χ1n) is 4.57. The molecule has 4 heteroatoms. The summed E-state index contributed by atoms with van der Waals surface area (Å²) in [5.41, 5.74) is 0. The van der Waals surface area contributed by atoms with Crippen LogP contribution in [0.25, 0.3) is 0 Å². The zero-order chi connectivity index (χ0) is 11.3. The van der Waals surface area contributed by atoms with Crippen LogP contribution in [0, 0.1) is 0 Å². The Balaban J connectivity index is 3.14. The van der Waals surface area contributed by atoms with Crippen LogP contribution in [0.3, 0.4) is 0 Å². The number of methoxy groups -OCH3 is 1. The third-order valence-corrected chi connectivity index (χ3v) is 3.94. The van der Waals surface area contributed by atoms with E-state index in [0.717, 1.165) is 0 Å². The molecule has 15 heavy (non-hydrogen) atoms. The molecule has 0 radical (unpaired) electrons. The lowest BCUT2D eigenvalue weighted by Gasteiger charge is -2.07. The average Bonchev–Trinajstić information content (AvgIpc) is 2.27. The highest BCUT2D eigenvalue weighted by Gasteiger charge is 2.18. The van der Waals surface area contributed by atoms with E-state index < -0.39 is 9.84 Å². The van der Waals surface area contributed by atoms with Crippen LogP contribution in [0.15, 0.2) is 46.2 Å². The molecule has 0 amide bonds. The van der Waals surface area contributed by atoms with Crippen molar-refractivity contribution < 1.29 is 13.2 Å². The summed E-state index contributed by atoms with van der Waals surface area (Å²) in [5.74, 6) is 0. The van der Waals surface area contributed by atoms with E-state index in [1.54, 1.807) is 43.3 Å². The fraction of sp³-hybridized carbons (Fsp3) is 0.273. The van der Waals surface area contributed by atoms with Crippen molar-refractivity contribution in [3.8, 4) is 0 Å². The number of benzene rings is 1. The predicted octanol–water partition coefficient (Wildman–Crippen LogP) is 2.01. The molecular formula is C11H14O3S. The Kier molecular flexibility index (Phi) is 4.05. The van der Waals surface area contributed by atoms with Gasteiger partial charge in [0.1, 0.15) is 0 Å². The van der Waals surface area contributed by atoms with Gasteiger partial charge in [0.2, 0.25) is 9.84 Å². The molecule has 0 aliphatic rings. The molecule has 0 saturated heterocycles. The molecular weight excluding hydrogens is 212 g/mol. The first-order valence-corrected chi connectivity index (χ1v) is 6.05. The molecule has 0 aliphatic heterocycles. The second-order valence-corrected chi connectivity index (χ2v) is 5.01. The van der Waals surface area contributed by atoms with Crippen molar-refractivity contribution in [1.82, 2.24) is 0 Å². The molecule has 0 saturated carbocycles. The summed E-state index contributed by atoms with van der Waals surface area (Å²) < 4.78 is 28.9. The minimum absolute atomic E-state index is 0.105. The Morgan fingerprint density at radius 1 is 1.33 bits per heavy atom. The maximum Gasteiger partial charge on any atom is 0.204 e. The highest BCUT2D eigenvalue weighted by Crippen LogP contribution is 2.18. The third-order valence-electron chi connectivity index (χ3n) is 2.01. The molecule has 0 atom stereocenters. The normalized spacial score (nSPS) is 12.8. The molecule has 0 aromatic heterocycles. The van der Waals surface area contributed by atoms with Gasteiger partial charge in [-0.15, -0.1) is 0 Å². The van der Waals surface area contributed by atoms with Crippen LogP contribution in [-0.2, 0) is 14.6 Å². The van der Waals surface area contributed by atoms with Gasteiger partial charge in [0.15, 0.2) is 0 Å². The van der Waals surface area contributed by atoms with Gasteiger partial charge >= 0.3 is 0 Å². The molecule has 82 valence electrons. The summed E-state index contributed by atoms with van der Waals surface area (Å²) in [6.07, 6.45) is 1.56. The van der Waals surface area contributed by atoms with Gasteiger partial charge < -0.3 is 4.74 Å². The fourth-order valence-electron chi connectivity index (χ4n) is 1.21. The first kappa shape index (κ1) is 11.9. The monoisotopic (exact) mass is 226 g/mol. The molecule has 0 heterocycles. The number of rotatable bonds is 4. The summed E-state index contributed by atoms with van der Waals surface area (Å²) in [6.45, 7) is 1.79. The average molecular weight is 226 g/mol. The lowest BCUT2D eigenvalue weighted by molar-refractivity contribution is 0.230. The van der Waals surface area contributed by atoms with Crippen molar-refractivity contribution in [3.63, 3.8) is 0 Å². The molecule has 0 aliphatic carbocycles. The summed E-state index contributed by atoms with van der Waals surface area (Å²) in [5, 5.41) is 0. The second kappa shape index (κ2) is 5.09. The molecule has 0 unspecified atom stereocenters. The Morgan fingerprint density at radius 3 is 2.40 bits per heavy atom. The zero-order valence-corrected chi connectivity index (χ0v) is 9.62. The topological polar surface area (TPSA) is 43.4 Å². The quantitative estimate of drug-likeness (QED) is 0.788. The lowest BCUT2D eigenvalue weighted by Crippen LogP contribution is -2.09. The van der Waals surface area contributed by atoms with E-state index in [0.29, 0.717) is 4.90 Å². The minimum atomic E-state index is -3.38. The Hall–Kier alpha value is -1.13. The number of hydrogen-bond acceptors (Lipinski definition) is 3. The number of hydrogen-bond donors (Lipinski definition) is 0. The van der Waals surface area contributed by atoms with Crippen molar-refractivity contribution >= 4 is 9.84 Å². The van der Waals surface area contributed by atoms with Crippen LogP contribution in [0.4, 0.5) is 0 Å². The zero-order valence-electron chi connectivity index (χ0n) is 8.80. The van der Waals surface area contributed by atoms with Crippen LogP contribution in [0.5, 0.6) is 0 Å².